The number of benzene rings is 1. The van der Waals surface area contributed by atoms with Crippen LogP contribution >= 0.6 is 0 Å². The fourth-order valence-electron chi connectivity index (χ4n) is 3.33. The number of hydrogen-bond donors (Lipinski definition) is 3. The Kier molecular flexibility index (Phi) is 8.53. The zero-order valence-corrected chi connectivity index (χ0v) is 18.4. The van der Waals surface area contributed by atoms with Gasteiger partial charge in [0.2, 0.25) is 0 Å². The molecule has 2 aromatic rings. The fourth-order valence-corrected chi connectivity index (χ4v) is 3.33. The Bertz CT molecular complexity index is 935. The van der Waals surface area contributed by atoms with Crippen LogP contribution in [0.4, 0.5) is 11.5 Å². The molecule has 0 saturated heterocycles. The lowest BCUT2D eigenvalue weighted by atomic mass is 10.2. The van der Waals surface area contributed by atoms with Crippen molar-refractivity contribution >= 4 is 11.5 Å². The lowest BCUT2D eigenvalue weighted by Gasteiger charge is -2.29. The first-order chi connectivity index (χ1) is 14.2. The van der Waals surface area contributed by atoms with Crippen LogP contribution in [0.15, 0.2) is 33.9 Å². The number of H-pyrrole nitrogens is 1. The topological polar surface area (TPSA) is 114 Å². The Balaban J connectivity index is 2.26. The molecular formula is C22H34N4O4. The molecule has 2 rings (SSSR count). The first-order valence-electron chi connectivity index (χ1n) is 10.5. The molecule has 1 unspecified atom stereocenters. The maximum Gasteiger partial charge on any atom is 0.330 e. The van der Waals surface area contributed by atoms with Gasteiger partial charge in [-0.15, -0.1) is 0 Å². The van der Waals surface area contributed by atoms with Gasteiger partial charge in [-0.2, -0.15) is 0 Å². The highest BCUT2D eigenvalue weighted by Crippen LogP contribution is 2.20. The van der Waals surface area contributed by atoms with Gasteiger partial charge >= 0.3 is 5.69 Å². The second kappa shape index (κ2) is 10.9. The summed E-state index contributed by atoms with van der Waals surface area (Å²) in [6.45, 7) is 9.15. The summed E-state index contributed by atoms with van der Waals surface area (Å²) in [5.74, 6) is 1.05. The molecule has 1 aromatic heterocycles. The lowest BCUT2D eigenvalue weighted by Crippen LogP contribution is -2.43. The van der Waals surface area contributed by atoms with Gasteiger partial charge in [0.25, 0.3) is 5.56 Å². The van der Waals surface area contributed by atoms with Gasteiger partial charge in [0.15, 0.2) is 0 Å². The number of rotatable bonds is 11. The number of aromatic amines is 1. The quantitative estimate of drug-likeness (QED) is 0.515. The van der Waals surface area contributed by atoms with E-state index in [1.54, 1.807) is 4.90 Å². The van der Waals surface area contributed by atoms with Crippen LogP contribution in [-0.2, 0) is 6.54 Å². The van der Waals surface area contributed by atoms with Crippen molar-refractivity contribution in [1.82, 2.24) is 9.55 Å². The molecule has 0 amide bonds. The summed E-state index contributed by atoms with van der Waals surface area (Å²) in [5, 5.41) is 10.6. The van der Waals surface area contributed by atoms with Crippen LogP contribution in [0.5, 0.6) is 5.75 Å². The fraction of sp³-hybridized carbons (Fsp3) is 0.545. The number of nitrogens with zero attached hydrogens (tertiary/aromatic N) is 2. The summed E-state index contributed by atoms with van der Waals surface area (Å²) in [4.78, 5) is 28.9. The zero-order chi connectivity index (χ0) is 22.3. The van der Waals surface area contributed by atoms with Gasteiger partial charge in [0.05, 0.1) is 0 Å². The minimum Gasteiger partial charge on any atom is -0.491 e. The maximum atomic E-state index is 12.6. The van der Waals surface area contributed by atoms with Crippen LogP contribution < -0.4 is 26.6 Å². The molecule has 0 spiro atoms. The molecule has 1 atom stereocenters. The average molecular weight is 419 g/mol. The van der Waals surface area contributed by atoms with Crippen molar-refractivity contribution < 1.29 is 9.84 Å². The Morgan fingerprint density at radius 2 is 1.93 bits per heavy atom. The molecule has 166 valence electrons. The summed E-state index contributed by atoms with van der Waals surface area (Å²) in [6, 6.07) is 7.58. The monoisotopic (exact) mass is 418 g/mol. The molecule has 1 aromatic carbocycles. The normalized spacial score (nSPS) is 12.2. The third kappa shape index (κ3) is 6.13. The van der Waals surface area contributed by atoms with E-state index in [0.717, 1.165) is 18.4 Å². The Labute approximate surface area is 177 Å². The number of nitrogens with one attached hydrogen (secondary N) is 1. The molecule has 4 N–H and O–H groups in total. The molecule has 0 radical (unpaired) electrons. The smallest absolute Gasteiger partial charge is 0.330 e. The summed E-state index contributed by atoms with van der Waals surface area (Å²) in [5.41, 5.74) is 6.39. The highest BCUT2D eigenvalue weighted by molar-refractivity contribution is 5.62. The van der Waals surface area contributed by atoms with E-state index in [4.69, 9.17) is 10.5 Å². The number of nitrogens with two attached hydrogens (primary N) is 1. The molecule has 8 heteroatoms. The Hall–Kier alpha value is -2.74. The van der Waals surface area contributed by atoms with Gasteiger partial charge in [-0.05, 0) is 30.9 Å². The van der Waals surface area contributed by atoms with Gasteiger partial charge in [-0.3, -0.25) is 14.3 Å². The first-order valence-corrected chi connectivity index (χ1v) is 10.5. The van der Waals surface area contributed by atoms with Gasteiger partial charge in [0, 0.05) is 19.6 Å². The SMILES string of the molecule is CCCCn1c(N)c(N(CC(C)C)CC(O)COc2ccccc2C)c(=O)[nH]c1=O. The number of para-hydroxylation sites is 1. The van der Waals surface area contributed by atoms with E-state index in [1.807, 2.05) is 52.0 Å². The second-order valence-electron chi connectivity index (χ2n) is 8.03. The van der Waals surface area contributed by atoms with Crippen LogP contribution in [-0.4, -0.2) is 40.5 Å². The molecule has 8 nitrogen and oxygen atoms in total. The molecule has 0 fully saturated rings. The number of ether oxygens (including phenoxy) is 1. The predicted octanol–water partition coefficient (Wildman–Crippen LogP) is 2.13. The standard InChI is InChI=1S/C22H34N4O4/c1-5-6-11-26-20(23)19(21(28)24-22(26)29)25(12-15(2)3)13-17(27)14-30-18-10-8-7-9-16(18)4/h7-10,15,17,27H,5-6,11-14,23H2,1-4H3,(H,24,28,29). The van der Waals surface area contributed by atoms with Crippen LogP contribution in [0.25, 0.3) is 0 Å². The van der Waals surface area contributed by atoms with E-state index >= 15 is 0 Å². The highest BCUT2D eigenvalue weighted by atomic mass is 16.5. The van der Waals surface area contributed by atoms with Gasteiger partial charge in [-0.1, -0.05) is 45.4 Å². The van der Waals surface area contributed by atoms with Crippen LogP contribution in [0.2, 0.25) is 0 Å². The van der Waals surface area contributed by atoms with Crippen molar-refractivity contribution in [3.8, 4) is 5.75 Å². The van der Waals surface area contributed by atoms with E-state index in [0.29, 0.717) is 18.8 Å². The third-order valence-electron chi connectivity index (χ3n) is 4.81. The van der Waals surface area contributed by atoms with Crippen molar-refractivity contribution in [2.24, 2.45) is 5.92 Å². The minimum atomic E-state index is -0.849. The first kappa shape index (κ1) is 23.5. The zero-order valence-electron chi connectivity index (χ0n) is 18.4. The number of aliphatic hydroxyl groups is 1. The maximum absolute atomic E-state index is 12.6. The average Bonchev–Trinajstić information content (AvgIpc) is 2.66. The summed E-state index contributed by atoms with van der Waals surface area (Å²) >= 11 is 0. The number of anilines is 2. The van der Waals surface area contributed by atoms with E-state index in [2.05, 4.69) is 4.98 Å². The molecule has 0 bridgehead atoms. The number of aliphatic hydroxyl groups excluding tert-OH is 1. The van der Waals surface area contributed by atoms with Crippen molar-refractivity contribution in [2.75, 3.05) is 30.3 Å². The molecule has 1 heterocycles. The number of hydrogen-bond acceptors (Lipinski definition) is 6. The summed E-state index contributed by atoms with van der Waals surface area (Å²) in [7, 11) is 0. The Morgan fingerprint density at radius 1 is 1.23 bits per heavy atom. The molecule has 0 aliphatic rings. The van der Waals surface area contributed by atoms with Crippen molar-refractivity contribution in [3.63, 3.8) is 0 Å². The van der Waals surface area contributed by atoms with Crippen LogP contribution in [0, 0.1) is 12.8 Å². The van der Waals surface area contributed by atoms with Gasteiger partial charge in [0.1, 0.15) is 30.0 Å². The van der Waals surface area contributed by atoms with Crippen molar-refractivity contribution in [1.29, 1.82) is 0 Å². The number of aryl methyl sites for hydroxylation is 1. The van der Waals surface area contributed by atoms with Gasteiger partial charge < -0.3 is 20.5 Å². The second-order valence-corrected chi connectivity index (χ2v) is 8.03. The van der Waals surface area contributed by atoms with Crippen LogP contribution in [0.1, 0.15) is 39.2 Å². The molecule has 0 aliphatic heterocycles. The number of unbranched alkanes of at least 4 members (excludes halogenated alkanes) is 1. The van der Waals surface area contributed by atoms with Gasteiger partial charge in [-0.25, -0.2) is 4.79 Å². The van der Waals surface area contributed by atoms with E-state index in [9.17, 15) is 14.7 Å². The number of aromatic nitrogens is 2. The third-order valence-corrected chi connectivity index (χ3v) is 4.81. The molecule has 0 aliphatic carbocycles. The van der Waals surface area contributed by atoms with E-state index < -0.39 is 17.4 Å². The molecule has 0 saturated carbocycles. The highest BCUT2D eigenvalue weighted by Gasteiger charge is 2.22. The summed E-state index contributed by atoms with van der Waals surface area (Å²) in [6.07, 6.45) is 0.815. The number of nitrogen functional groups attached to an aromatic ring is 1. The minimum absolute atomic E-state index is 0.0761. The Morgan fingerprint density at radius 3 is 2.57 bits per heavy atom. The lowest BCUT2D eigenvalue weighted by molar-refractivity contribution is 0.111. The molecule has 30 heavy (non-hydrogen) atoms. The van der Waals surface area contributed by atoms with E-state index in [1.165, 1.54) is 4.57 Å². The molecular weight excluding hydrogens is 384 g/mol. The van der Waals surface area contributed by atoms with Crippen LogP contribution in [0.3, 0.4) is 0 Å². The van der Waals surface area contributed by atoms with E-state index in [-0.39, 0.29) is 30.6 Å². The van der Waals surface area contributed by atoms with Crippen molar-refractivity contribution in [3.05, 3.63) is 50.7 Å². The van der Waals surface area contributed by atoms with Crippen molar-refractivity contribution in [2.45, 2.75) is 53.2 Å². The largest absolute Gasteiger partial charge is 0.491 e. The summed E-state index contributed by atoms with van der Waals surface area (Å²) < 4.78 is 7.14. The predicted molar refractivity (Wildman–Crippen MR) is 120 cm³/mol.